The molecule has 0 fully saturated rings. The molecule has 4 aromatic rings. The van der Waals surface area contributed by atoms with Gasteiger partial charge in [-0.15, -0.1) is 0 Å². The van der Waals surface area contributed by atoms with Crippen molar-refractivity contribution in [1.29, 1.82) is 0 Å². The highest BCUT2D eigenvalue weighted by molar-refractivity contribution is 6.32. The third kappa shape index (κ3) is 11.0. The maximum absolute atomic E-state index is 12.5. The molecule has 0 heterocycles. The van der Waals surface area contributed by atoms with E-state index in [1.54, 1.807) is 42.5 Å². The molecular weight excluding hydrogens is 691 g/mol. The van der Waals surface area contributed by atoms with Gasteiger partial charge in [-0.1, -0.05) is 89.9 Å². The molecule has 50 heavy (non-hydrogen) atoms. The molecule has 0 unspecified atom stereocenters. The van der Waals surface area contributed by atoms with Crippen LogP contribution in [0.1, 0.15) is 22.3 Å². The number of alkyl carbamates (subject to hydrolysis) is 2. The summed E-state index contributed by atoms with van der Waals surface area (Å²) in [7, 11) is 2.38. The molecule has 4 rings (SSSR count). The van der Waals surface area contributed by atoms with Gasteiger partial charge >= 0.3 is 24.1 Å². The van der Waals surface area contributed by atoms with Crippen LogP contribution in [0.5, 0.6) is 17.2 Å². The Kier molecular flexibility index (Phi) is 13.7. The number of halogens is 2. The zero-order chi connectivity index (χ0) is 36.0. The van der Waals surface area contributed by atoms with E-state index in [1.807, 2.05) is 24.3 Å². The lowest BCUT2D eigenvalue weighted by molar-refractivity contribution is -0.143. The van der Waals surface area contributed by atoms with Crippen molar-refractivity contribution >= 4 is 47.3 Å². The number of ether oxygens (including phenoxy) is 5. The second-order valence-electron chi connectivity index (χ2n) is 10.8. The predicted octanol–water partition coefficient (Wildman–Crippen LogP) is 6.51. The largest absolute Gasteiger partial charge is 0.503 e. The number of rotatable bonds is 14. The highest BCUT2D eigenvalue weighted by Crippen LogP contribution is 2.40. The van der Waals surface area contributed by atoms with Gasteiger partial charge in [-0.3, -0.25) is 0 Å². The van der Waals surface area contributed by atoms with Gasteiger partial charge in [0.25, 0.3) is 0 Å². The lowest BCUT2D eigenvalue weighted by Gasteiger charge is -2.18. The van der Waals surface area contributed by atoms with E-state index in [4.69, 9.17) is 46.9 Å². The van der Waals surface area contributed by atoms with Crippen molar-refractivity contribution in [2.75, 3.05) is 14.2 Å². The van der Waals surface area contributed by atoms with Crippen molar-refractivity contribution in [2.24, 2.45) is 0 Å². The average molecular weight is 726 g/mol. The van der Waals surface area contributed by atoms with Crippen molar-refractivity contribution in [1.82, 2.24) is 10.6 Å². The van der Waals surface area contributed by atoms with E-state index in [9.17, 15) is 24.3 Å². The topological polar surface area (TPSA) is 159 Å². The molecule has 0 aromatic heterocycles. The third-order valence-corrected chi connectivity index (χ3v) is 7.75. The minimum absolute atomic E-state index is 0.00930. The number of carbonyl (C=O) groups is 4. The molecule has 262 valence electrons. The maximum Gasteiger partial charge on any atom is 0.408 e. The monoisotopic (exact) mass is 724 g/mol. The van der Waals surface area contributed by atoms with E-state index in [1.165, 1.54) is 38.5 Å². The third-order valence-electron chi connectivity index (χ3n) is 7.17. The molecule has 2 atom stereocenters. The molecule has 0 aliphatic rings. The number of phenolic OH excluding ortho intramolecular Hbond substituents is 1. The average Bonchev–Trinajstić information content (AvgIpc) is 3.12. The van der Waals surface area contributed by atoms with Crippen LogP contribution in [0, 0.1) is 0 Å². The first kappa shape index (κ1) is 37.4. The first-order valence-electron chi connectivity index (χ1n) is 15.1. The lowest BCUT2D eigenvalue weighted by atomic mass is 10.0. The van der Waals surface area contributed by atoms with Crippen LogP contribution < -0.4 is 15.4 Å². The molecular formula is C36H34Cl2N2O10. The van der Waals surface area contributed by atoms with Crippen LogP contribution in [-0.4, -0.2) is 55.5 Å². The Morgan fingerprint density at radius 3 is 1.58 bits per heavy atom. The minimum atomic E-state index is -1.16. The normalized spacial score (nSPS) is 11.8. The second-order valence-corrected chi connectivity index (χ2v) is 11.6. The van der Waals surface area contributed by atoms with Crippen LogP contribution in [0.15, 0.2) is 91.0 Å². The van der Waals surface area contributed by atoms with Gasteiger partial charge in [-0.2, -0.15) is 0 Å². The Morgan fingerprint density at radius 2 is 1.10 bits per heavy atom. The van der Waals surface area contributed by atoms with Gasteiger partial charge in [0.15, 0.2) is 11.5 Å². The summed E-state index contributed by atoms with van der Waals surface area (Å²) >= 11 is 12.8. The summed E-state index contributed by atoms with van der Waals surface area (Å²) in [5, 5.41) is 15.7. The van der Waals surface area contributed by atoms with Gasteiger partial charge in [0, 0.05) is 12.8 Å². The molecule has 0 spiro atoms. The van der Waals surface area contributed by atoms with Crippen molar-refractivity contribution in [3.8, 4) is 17.2 Å². The van der Waals surface area contributed by atoms with E-state index >= 15 is 0 Å². The molecule has 3 N–H and O–H groups in total. The molecule has 0 aliphatic heterocycles. The predicted molar refractivity (Wildman–Crippen MR) is 183 cm³/mol. The molecule has 0 bridgehead atoms. The van der Waals surface area contributed by atoms with Crippen LogP contribution in [0.4, 0.5) is 9.59 Å². The first-order chi connectivity index (χ1) is 24.1. The fraction of sp³-hybridized carbons (Fsp3) is 0.222. The van der Waals surface area contributed by atoms with Gasteiger partial charge in [0.05, 0.1) is 24.3 Å². The van der Waals surface area contributed by atoms with Crippen LogP contribution in [-0.2, 0) is 54.6 Å². The summed E-state index contributed by atoms with van der Waals surface area (Å²) in [5.74, 6) is -1.80. The number of carbonyl (C=O) groups excluding carboxylic acids is 4. The first-order valence-corrected chi connectivity index (χ1v) is 15.9. The van der Waals surface area contributed by atoms with E-state index in [0.717, 1.165) is 11.1 Å². The number of nitrogens with one attached hydrogen (secondary N) is 2. The number of aromatic hydroxyl groups is 1. The summed E-state index contributed by atoms with van der Waals surface area (Å²) in [6, 6.07) is 23.3. The summed E-state index contributed by atoms with van der Waals surface area (Å²) in [6.07, 6.45) is -1.73. The van der Waals surface area contributed by atoms with Gasteiger partial charge in [0.1, 0.15) is 31.0 Å². The number of hydrogen-bond acceptors (Lipinski definition) is 10. The van der Waals surface area contributed by atoms with E-state index in [-0.39, 0.29) is 47.6 Å². The SMILES string of the molecule is COC(=O)[C@H](Cc1ccc(Oc2cc(C[C@H](NC(=O)OCc3ccccc3)C(=O)OC)cc(Cl)c2O)c(Cl)c1)NC(=O)OCc1ccccc1. The van der Waals surface area contributed by atoms with E-state index < -0.39 is 42.0 Å². The minimum Gasteiger partial charge on any atom is -0.503 e. The number of hydrogen-bond donors (Lipinski definition) is 3. The molecule has 0 radical (unpaired) electrons. The van der Waals surface area contributed by atoms with Crippen LogP contribution >= 0.6 is 23.2 Å². The van der Waals surface area contributed by atoms with Crippen molar-refractivity contribution in [2.45, 2.75) is 38.1 Å². The van der Waals surface area contributed by atoms with E-state index in [2.05, 4.69) is 10.6 Å². The van der Waals surface area contributed by atoms with Crippen LogP contribution in [0.2, 0.25) is 10.0 Å². The van der Waals surface area contributed by atoms with Crippen molar-refractivity contribution in [3.63, 3.8) is 0 Å². The molecule has 4 aromatic carbocycles. The van der Waals surface area contributed by atoms with Gasteiger partial charge < -0.3 is 39.4 Å². The summed E-state index contributed by atoms with van der Waals surface area (Å²) < 4.78 is 26.1. The van der Waals surface area contributed by atoms with Crippen molar-refractivity contribution in [3.05, 3.63) is 123 Å². The molecule has 0 aliphatic carbocycles. The van der Waals surface area contributed by atoms with Crippen molar-refractivity contribution < 1.29 is 48.0 Å². The standard InChI is InChI=1S/C36H34Cl2N2O10/c1-46-33(42)28(39-35(44)48-20-22-9-5-3-6-10-22)17-24-13-14-30(26(37)15-24)50-31-19-25(16-27(38)32(31)41)18-29(34(43)47-2)40-36(45)49-21-23-11-7-4-8-12-23/h3-16,19,28-29,41H,17-18,20-21H2,1-2H3,(H,39,44)(H,40,45)/t28-,29-/m0/s1. The number of esters is 2. The molecule has 0 saturated carbocycles. The Hall–Kier alpha value is -5.46. The number of benzene rings is 4. The highest BCUT2D eigenvalue weighted by Gasteiger charge is 2.26. The number of methoxy groups -OCH3 is 2. The molecule has 2 amide bonds. The Labute approximate surface area is 298 Å². The van der Waals surface area contributed by atoms with Gasteiger partial charge in [-0.05, 0) is 46.5 Å². The fourth-order valence-corrected chi connectivity index (χ4v) is 5.13. The molecule has 12 nitrogen and oxygen atoms in total. The van der Waals surface area contributed by atoms with Crippen LogP contribution in [0.25, 0.3) is 0 Å². The molecule has 14 heteroatoms. The second kappa shape index (κ2) is 18.3. The van der Waals surface area contributed by atoms with E-state index in [0.29, 0.717) is 11.1 Å². The number of amides is 2. The lowest BCUT2D eigenvalue weighted by Crippen LogP contribution is -2.43. The number of phenols is 1. The zero-order valence-electron chi connectivity index (χ0n) is 27.0. The highest BCUT2D eigenvalue weighted by atomic mass is 35.5. The zero-order valence-corrected chi connectivity index (χ0v) is 28.5. The smallest absolute Gasteiger partial charge is 0.408 e. The Morgan fingerprint density at radius 1 is 0.620 bits per heavy atom. The summed E-state index contributed by atoms with van der Waals surface area (Å²) in [5.41, 5.74) is 2.48. The van der Waals surface area contributed by atoms with Crippen LogP contribution in [0.3, 0.4) is 0 Å². The summed E-state index contributed by atoms with van der Waals surface area (Å²) in [6.45, 7) is 0.00192. The van der Waals surface area contributed by atoms with Gasteiger partial charge in [0.2, 0.25) is 0 Å². The Bertz CT molecular complexity index is 1790. The fourth-order valence-electron chi connectivity index (χ4n) is 4.65. The Balaban J connectivity index is 1.42. The quantitative estimate of drug-likeness (QED) is 0.0967. The maximum atomic E-state index is 12.5. The summed E-state index contributed by atoms with van der Waals surface area (Å²) in [4.78, 5) is 49.9. The van der Waals surface area contributed by atoms with Gasteiger partial charge in [-0.25, -0.2) is 19.2 Å². The molecule has 0 saturated heterocycles.